The zero-order chi connectivity index (χ0) is 20.5. The van der Waals surface area contributed by atoms with Gasteiger partial charge in [0.2, 0.25) is 5.91 Å². The molecule has 4 atom stereocenters. The van der Waals surface area contributed by atoms with Crippen LogP contribution in [0.15, 0.2) is 27.8 Å². The quantitative estimate of drug-likeness (QED) is 0.414. The van der Waals surface area contributed by atoms with E-state index in [1.54, 1.807) is 25.3 Å². The lowest BCUT2D eigenvalue weighted by Gasteiger charge is -2.28. The number of rotatable bonds is 7. The van der Waals surface area contributed by atoms with Crippen molar-refractivity contribution in [2.45, 2.75) is 57.5 Å². The smallest absolute Gasteiger partial charge is 0.230 e. The van der Waals surface area contributed by atoms with Gasteiger partial charge >= 0.3 is 0 Å². The van der Waals surface area contributed by atoms with Crippen LogP contribution in [0.1, 0.15) is 55.6 Å². The van der Waals surface area contributed by atoms with Gasteiger partial charge in [0, 0.05) is 6.04 Å². The Labute approximate surface area is 175 Å². The van der Waals surface area contributed by atoms with Crippen LogP contribution in [0.5, 0.6) is 0 Å². The molecule has 0 aliphatic heterocycles. The number of ketones is 1. The van der Waals surface area contributed by atoms with Gasteiger partial charge in [-0.2, -0.15) is 0 Å². The summed E-state index contributed by atoms with van der Waals surface area (Å²) in [5.41, 5.74) is 1.07. The Balaban J connectivity index is 1.44. The highest BCUT2D eigenvalue weighted by Gasteiger charge is 2.42. The molecule has 0 spiro atoms. The van der Waals surface area contributed by atoms with Crippen molar-refractivity contribution in [1.29, 1.82) is 0 Å². The monoisotopic (exact) mass is 413 g/mol. The molecule has 0 radical (unpaired) electrons. The summed E-state index contributed by atoms with van der Waals surface area (Å²) in [5, 5.41) is 3.70. The summed E-state index contributed by atoms with van der Waals surface area (Å²) in [5.74, 6) is 3.30. The van der Waals surface area contributed by atoms with Crippen molar-refractivity contribution in [3.63, 3.8) is 0 Å². The van der Waals surface area contributed by atoms with Crippen molar-refractivity contribution in [3.05, 3.63) is 29.7 Å². The largest absolute Gasteiger partial charge is 0.461 e. The first-order valence-electron chi connectivity index (χ1n) is 10.3. The number of carbonyl (C=O) groups excluding carboxylic acids is 2. The zero-order valence-corrected chi connectivity index (χ0v) is 17.9. The minimum Gasteiger partial charge on any atom is -0.461 e. The Hall–Kier alpha value is -2.15. The number of fused-ring (bicyclic) bond motifs is 2. The third kappa shape index (κ3) is 4.25. The fourth-order valence-corrected chi connectivity index (χ4v) is 5.95. The summed E-state index contributed by atoms with van der Waals surface area (Å²) in [7, 11) is 0. The zero-order valence-electron chi connectivity index (χ0n) is 17.1. The van der Waals surface area contributed by atoms with Crippen molar-refractivity contribution < 1.29 is 14.0 Å². The minimum atomic E-state index is -0.105. The summed E-state index contributed by atoms with van der Waals surface area (Å²) >= 11 is 1.28. The average molecular weight is 414 g/mol. The number of hydrogen-bond acceptors (Lipinski definition) is 6. The van der Waals surface area contributed by atoms with Gasteiger partial charge in [-0.05, 0) is 69.9 Å². The minimum absolute atomic E-state index is 0.0180. The first kappa shape index (κ1) is 20.1. The summed E-state index contributed by atoms with van der Waals surface area (Å²) in [4.78, 5) is 33.6. The van der Waals surface area contributed by atoms with E-state index in [1.807, 2.05) is 0 Å². The van der Waals surface area contributed by atoms with E-state index in [4.69, 9.17) is 4.42 Å². The second-order valence-electron chi connectivity index (χ2n) is 8.33. The molecule has 2 bridgehead atoms. The average Bonchev–Trinajstić information content (AvgIpc) is 3.43. The molecule has 29 heavy (non-hydrogen) atoms. The summed E-state index contributed by atoms with van der Waals surface area (Å²) < 4.78 is 5.39. The summed E-state index contributed by atoms with van der Waals surface area (Å²) in [6, 6.07) is 3.74. The van der Waals surface area contributed by atoms with Gasteiger partial charge in [0.05, 0.1) is 23.3 Å². The number of Topliss-reactive ketones (excluding diaryl/α,β-unsaturated/α-hetero) is 1. The lowest BCUT2D eigenvalue weighted by molar-refractivity contribution is -0.119. The molecule has 2 heterocycles. The highest BCUT2D eigenvalue weighted by atomic mass is 32.2. The summed E-state index contributed by atoms with van der Waals surface area (Å²) in [6.45, 7) is 5.41. The molecule has 7 heteroatoms. The number of thioether (sulfide) groups is 1. The number of amides is 1. The number of carbonyl (C=O) groups is 2. The van der Waals surface area contributed by atoms with Crippen LogP contribution in [0.25, 0.3) is 11.6 Å². The molecule has 2 aromatic heterocycles. The number of hydrogen-bond donors (Lipinski definition) is 1. The van der Waals surface area contributed by atoms with Crippen LogP contribution < -0.4 is 5.32 Å². The normalized spacial score (nSPS) is 23.9. The molecule has 2 fully saturated rings. The maximum absolute atomic E-state index is 12.6. The van der Waals surface area contributed by atoms with E-state index < -0.39 is 0 Å². The molecule has 1 N–H and O–H groups in total. The number of furan rings is 1. The predicted molar refractivity (Wildman–Crippen MR) is 112 cm³/mol. The molecule has 0 saturated heterocycles. The molecular weight excluding hydrogens is 386 g/mol. The number of aryl methyl sites for hydroxylation is 1. The van der Waals surface area contributed by atoms with Crippen molar-refractivity contribution in [2.75, 3.05) is 5.75 Å². The maximum Gasteiger partial charge on any atom is 0.230 e. The fourth-order valence-electron chi connectivity index (χ4n) is 5.02. The first-order chi connectivity index (χ1) is 13.9. The molecule has 2 saturated carbocycles. The van der Waals surface area contributed by atoms with E-state index in [0.717, 1.165) is 11.8 Å². The third-order valence-corrected chi connectivity index (χ3v) is 7.29. The Kier molecular flexibility index (Phi) is 5.76. The molecule has 0 aromatic carbocycles. The van der Waals surface area contributed by atoms with E-state index in [9.17, 15) is 9.59 Å². The van der Waals surface area contributed by atoms with Crippen molar-refractivity contribution in [1.82, 2.24) is 15.3 Å². The van der Waals surface area contributed by atoms with E-state index in [2.05, 4.69) is 22.2 Å². The molecule has 1 amide bonds. The van der Waals surface area contributed by atoms with Crippen LogP contribution >= 0.6 is 11.8 Å². The molecule has 154 valence electrons. The van der Waals surface area contributed by atoms with E-state index in [1.165, 1.54) is 44.4 Å². The topological polar surface area (TPSA) is 85.1 Å². The van der Waals surface area contributed by atoms with E-state index >= 15 is 0 Å². The van der Waals surface area contributed by atoms with E-state index in [0.29, 0.717) is 33.8 Å². The van der Waals surface area contributed by atoms with Crippen LogP contribution in [0.2, 0.25) is 0 Å². The van der Waals surface area contributed by atoms with Crippen LogP contribution in [0.4, 0.5) is 0 Å². The standard InChI is InChI=1S/C22H27N3O3S/c1-12(17-10-15-6-7-16(17)9-15)23-19(27)11-29-22-20(14(3)26)13(2)24-21(25-22)18-5-4-8-28-18/h4-5,8,12,15-17H,6-7,9-11H2,1-3H3,(H,23,27)/t12-,15+,16+,17-/m1/s1. The van der Waals surface area contributed by atoms with E-state index in [-0.39, 0.29) is 23.5 Å². The molecule has 0 unspecified atom stereocenters. The van der Waals surface area contributed by atoms with Gasteiger partial charge in [-0.3, -0.25) is 9.59 Å². The molecule has 2 aliphatic rings. The van der Waals surface area contributed by atoms with Gasteiger partial charge in [-0.1, -0.05) is 18.2 Å². The lowest BCUT2D eigenvalue weighted by Crippen LogP contribution is -2.40. The molecule has 4 rings (SSSR count). The van der Waals surface area contributed by atoms with Crippen LogP contribution in [-0.4, -0.2) is 33.5 Å². The fraction of sp³-hybridized carbons (Fsp3) is 0.545. The van der Waals surface area contributed by atoms with Gasteiger partial charge < -0.3 is 9.73 Å². The SMILES string of the molecule is CC(=O)c1c(C)nc(-c2ccco2)nc1SCC(=O)N[C@H](C)[C@H]1C[C@H]2CC[C@H]1C2. The second-order valence-corrected chi connectivity index (χ2v) is 9.29. The molecule has 2 aliphatic carbocycles. The Morgan fingerprint density at radius 1 is 1.31 bits per heavy atom. The predicted octanol–water partition coefficient (Wildman–Crippen LogP) is 4.28. The van der Waals surface area contributed by atoms with Gasteiger partial charge in [0.25, 0.3) is 0 Å². The molecule has 6 nitrogen and oxygen atoms in total. The van der Waals surface area contributed by atoms with Gasteiger partial charge in [-0.15, -0.1) is 0 Å². The number of nitrogens with zero attached hydrogens (tertiary/aromatic N) is 2. The Bertz CT molecular complexity index is 912. The molecule has 2 aromatic rings. The van der Waals surface area contributed by atoms with Crippen LogP contribution in [0, 0.1) is 24.7 Å². The number of nitrogens with one attached hydrogen (secondary N) is 1. The number of aromatic nitrogens is 2. The lowest BCUT2D eigenvalue weighted by atomic mass is 9.84. The van der Waals surface area contributed by atoms with Crippen LogP contribution in [-0.2, 0) is 4.79 Å². The maximum atomic E-state index is 12.6. The summed E-state index contributed by atoms with van der Waals surface area (Å²) in [6.07, 6.45) is 6.80. The van der Waals surface area contributed by atoms with Gasteiger partial charge in [0.1, 0.15) is 5.03 Å². The van der Waals surface area contributed by atoms with Crippen molar-refractivity contribution >= 4 is 23.5 Å². The highest BCUT2D eigenvalue weighted by molar-refractivity contribution is 8.00. The van der Waals surface area contributed by atoms with Gasteiger partial charge in [0.15, 0.2) is 17.4 Å². The first-order valence-corrected chi connectivity index (χ1v) is 11.3. The molecular formula is C22H27N3O3S. The van der Waals surface area contributed by atoms with Gasteiger partial charge in [-0.25, -0.2) is 9.97 Å². The second kappa shape index (κ2) is 8.30. The highest BCUT2D eigenvalue weighted by Crippen LogP contribution is 2.49. The Morgan fingerprint density at radius 3 is 2.76 bits per heavy atom. The third-order valence-electron chi connectivity index (χ3n) is 6.31. The van der Waals surface area contributed by atoms with Crippen LogP contribution in [0.3, 0.4) is 0 Å². The Morgan fingerprint density at radius 2 is 2.14 bits per heavy atom. The van der Waals surface area contributed by atoms with Crippen molar-refractivity contribution in [2.24, 2.45) is 17.8 Å². The van der Waals surface area contributed by atoms with Crippen molar-refractivity contribution in [3.8, 4) is 11.6 Å².